The number of hydrogen-bond acceptors (Lipinski definition) is 5. The molecule has 0 atom stereocenters. The van der Waals surface area contributed by atoms with E-state index in [2.05, 4.69) is 16.2 Å². The van der Waals surface area contributed by atoms with Gasteiger partial charge in [-0.1, -0.05) is 24.8 Å². The minimum atomic E-state index is -0.114. The molecule has 26 heavy (non-hydrogen) atoms. The van der Waals surface area contributed by atoms with Crippen molar-refractivity contribution in [2.45, 2.75) is 38.6 Å². The number of nitrogens with one attached hydrogen (secondary N) is 1. The SMILES string of the molecule is C#CCOc1ccc(/C=C2/SC(=NC3CCCC3)NC2=O)cc1OCC. The zero-order valence-electron chi connectivity index (χ0n) is 14.8. The Balaban J connectivity index is 1.77. The van der Waals surface area contributed by atoms with Gasteiger partial charge in [0.15, 0.2) is 16.7 Å². The van der Waals surface area contributed by atoms with E-state index in [0.29, 0.717) is 34.2 Å². The molecule has 1 aliphatic carbocycles. The predicted octanol–water partition coefficient (Wildman–Crippen LogP) is 3.60. The molecule has 3 rings (SSSR count). The summed E-state index contributed by atoms with van der Waals surface area (Å²) >= 11 is 1.39. The minimum Gasteiger partial charge on any atom is -0.490 e. The van der Waals surface area contributed by atoms with Crippen LogP contribution in [0.5, 0.6) is 11.5 Å². The molecule has 0 bridgehead atoms. The molecule has 2 fully saturated rings. The standard InChI is InChI=1S/C20H22N2O3S/c1-3-11-25-16-10-9-14(12-17(16)24-4-2)13-18-19(23)22-20(26-18)21-15-7-5-6-8-15/h1,9-10,12-13,15H,4-8,11H2,2H3,(H,21,22,23)/b18-13+. The molecule has 1 amide bonds. The summed E-state index contributed by atoms with van der Waals surface area (Å²) in [5.74, 6) is 3.53. The molecule has 6 heteroatoms. The van der Waals surface area contributed by atoms with E-state index in [0.717, 1.165) is 18.4 Å². The van der Waals surface area contributed by atoms with Gasteiger partial charge in [0.2, 0.25) is 0 Å². The van der Waals surface area contributed by atoms with Crippen molar-refractivity contribution in [2.24, 2.45) is 4.99 Å². The van der Waals surface area contributed by atoms with Crippen molar-refractivity contribution in [1.29, 1.82) is 0 Å². The second-order valence-corrected chi connectivity index (χ2v) is 7.10. The fraction of sp³-hybridized carbons (Fsp3) is 0.400. The first kappa shape index (κ1) is 18.4. The molecule has 0 radical (unpaired) electrons. The summed E-state index contributed by atoms with van der Waals surface area (Å²) in [6, 6.07) is 5.87. The van der Waals surface area contributed by atoms with Crippen LogP contribution < -0.4 is 14.8 Å². The molecule has 1 aliphatic heterocycles. The number of carbonyl (C=O) groups excluding carboxylic acids is 1. The third kappa shape index (κ3) is 4.61. The molecule has 1 N–H and O–H groups in total. The van der Waals surface area contributed by atoms with Crippen molar-refractivity contribution in [3.63, 3.8) is 0 Å². The number of thioether (sulfide) groups is 1. The van der Waals surface area contributed by atoms with Crippen LogP contribution in [0.25, 0.3) is 6.08 Å². The van der Waals surface area contributed by atoms with Gasteiger partial charge in [-0.05, 0) is 55.3 Å². The summed E-state index contributed by atoms with van der Waals surface area (Å²) < 4.78 is 11.1. The van der Waals surface area contributed by atoms with Crippen LogP contribution in [-0.2, 0) is 4.79 Å². The van der Waals surface area contributed by atoms with Crippen molar-refractivity contribution in [3.05, 3.63) is 28.7 Å². The third-order valence-corrected chi connectivity index (χ3v) is 5.08. The van der Waals surface area contributed by atoms with Crippen molar-refractivity contribution in [3.8, 4) is 23.8 Å². The molecule has 1 saturated carbocycles. The van der Waals surface area contributed by atoms with Crippen LogP contribution in [0.1, 0.15) is 38.2 Å². The van der Waals surface area contributed by atoms with E-state index in [1.54, 1.807) is 6.07 Å². The van der Waals surface area contributed by atoms with Crippen molar-refractivity contribution >= 4 is 28.9 Å². The fourth-order valence-electron chi connectivity index (χ4n) is 2.96. The Morgan fingerprint density at radius 3 is 2.88 bits per heavy atom. The van der Waals surface area contributed by atoms with Crippen LogP contribution in [0.15, 0.2) is 28.1 Å². The summed E-state index contributed by atoms with van der Waals surface area (Å²) in [6.45, 7) is 2.60. The number of hydrogen-bond donors (Lipinski definition) is 1. The van der Waals surface area contributed by atoms with E-state index in [-0.39, 0.29) is 12.5 Å². The van der Waals surface area contributed by atoms with Crippen molar-refractivity contribution in [2.75, 3.05) is 13.2 Å². The molecule has 1 aromatic rings. The van der Waals surface area contributed by atoms with Crippen LogP contribution in [0, 0.1) is 12.3 Å². The van der Waals surface area contributed by atoms with E-state index >= 15 is 0 Å². The maximum atomic E-state index is 12.2. The van der Waals surface area contributed by atoms with Crippen LogP contribution in [-0.4, -0.2) is 30.3 Å². The molecule has 1 aromatic carbocycles. The molecule has 136 valence electrons. The average molecular weight is 370 g/mol. The lowest BCUT2D eigenvalue weighted by Gasteiger charge is -2.11. The molecular formula is C20H22N2O3S. The summed E-state index contributed by atoms with van der Waals surface area (Å²) in [6.07, 6.45) is 11.7. The average Bonchev–Trinajstić information content (AvgIpc) is 3.25. The van der Waals surface area contributed by atoms with Gasteiger partial charge < -0.3 is 14.8 Å². The van der Waals surface area contributed by atoms with E-state index in [1.807, 2.05) is 25.1 Å². The summed E-state index contributed by atoms with van der Waals surface area (Å²) in [4.78, 5) is 17.5. The maximum absolute atomic E-state index is 12.2. The van der Waals surface area contributed by atoms with Gasteiger partial charge in [0, 0.05) is 0 Å². The highest BCUT2D eigenvalue weighted by Crippen LogP contribution is 2.32. The first-order valence-electron chi connectivity index (χ1n) is 8.81. The van der Waals surface area contributed by atoms with Crippen LogP contribution >= 0.6 is 11.8 Å². The normalized spacial score (nSPS) is 20.4. The van der Waals surface area contributed by atoms with Gasteiger partial charge in [-0.3, -0.25) is 9.79 Å². The van der Waals surface area contributed by atoms with E-state index in [1.165, 1.54) is 24.6 Å². The molecule has 0 unspecified atom stereocenters. The summed E-state index contributed by atoms with van der Waals surface area (Å²) in [5, 5.41) is 3.56. The second-order valence-electron chi connectivity index (χ2n) is 6.07. The Labute approximate surface area is 158 Å². The van der Waals surface area contributed by atoms with Crippen LogP contribution in [0.4, 0.5) is 0 Å². The van der Waals surface area contributed by atoms with Gasteiger partial charge in [-0.15, -0.1) is 6.42 Å². The number of terminal acetylenes is 1. The highest BCUT2D eigenvalue weighted by molar-refractivity contribution is 8.18. The Kier molecular flexibility index (Phi) is 6.24. The zero-order chi connectivity index (χ0) is 18.4. The molecule has 1 saturated heterocycles. The van der Waals surface area contributed by atoms with E-state index < -0.39 is 0 Å². The predicted molar refractivity (Wildman–Crippen MR) is 105 cm³/mol. The van der Waals surface area contributed by atoms with Gasteiger partial charge in [0.25, 0.3) is 5.91 Å². The largest absolute Gasteiger partial charge is 0.490 e. The van der Waals surface area contributed by atoms with Crippen molar-refractivity contribution in [1.82, 2.24) is 5.32 Å². The van der Waals surface area contributed by atoms with E-state index in [4.69, 9.17) is 15.9 Å². The topological polar surface area (TPSA) is 59.9 Å². The molecule has 0 spiro atoms. The molecular weight excluding hydrogens is 348 g/mol. The first-order chi connectivity index (χ1) is 12.7. The van der Waals surface area contributed by atoms with Gasteiger partial charge in [-0.25, -0.2) is 0 Å². The van der Waals surface area contributed by atoms with Crippen LogP contribution in [0.2, 0.25) is 0 Å². The monoisotopic (exact) mass is 370 g/mol. The number of nitrogens with zero attached hydrogens (tertiary/aromatic N) is 1. The minimum absolute atomic E-state index is 0.114. The highest BCUT2D eigenvalue weighted by atomic mass is 32.2. The van der Waals surface area contributed by atoms with Gasteiger partial charge in [0.05, 0.1) is 17.6 Å². The molecule has 5 nitrogen and oxygen atoms in total. The quantitative estimate of drug-likeness (QED) is 0.614. The Morgan fingerprint density at radius 2 is 2.15 bits per heavy atom. The number of carbonyl (C=O) groups is 1. The van der Waals surface area contributed by atoms with Crippen LogP contribution in [0.3, 0.4) is 0 Å². The Hall–Kier alpha value is -2.39. The highest BCUT2D eigenvalue weighted by Gasteiger charge is 2.25. The summed E-state index contributed by atoms with van der Waals surface area (Å²) in [7, 11) is 0. The number of benzene rings is 1. The first-order valence-corrected chi connectivity index (χ1v) is 9.63. The lowest BCUT2D eigenvalue weighted by molar-refractivity contribution is -0.115. The number of amidine groups is 1. The number of ether oxygens (including phenoxy) is 2. The molecule has 1 heterocycles. The maximum Gasteiger partial charge on any atom is 0.264 e. The fourth-order valence-corrected chi connectivity index (χ4v) is 3.85. The Morgan fingerprint density at radius 1 is 1.35 bits per heavy atom. The number of amides is 1. The van der Waals surface area contributed by atoms with Gasteiger partial charge >= 0.3 is 0 Å². The third-order valence-electron chi connectivity index (χ3n) is 4.15. The van der Waals surface area contributed by atoms with Gasteiger partial charge in [-0.2, -0.15) is 0 Å². The second kappa shape index (κ2) is 8.81. The Bertz CT molecular complexity index is 774. The lowest BCUT2D eigenvalue weighted by Crippen LogP contribution is -2.21. The zero-order valence-corrected chi connectivity index (χ0v) is 15.6. The smallest absolute Gasteiger partial charge is 0.264 e. The number of aliphatic imine (C=N–C) groups is 1. The summed E-state index contributed by atoms with van der Waals surface area (Å²) in [5.41, 5.74) is 0.862. The van der Waals surface area contributed by atoms with Crippen molar-refractivity contribution < 1.29 is 14.3 Å². The lowest BCUT2D eigenvalue weighted by atomic mass is 10.2. The van der Waals surface area contributed by atoms with Gasteiger partial charge in [0.1, 0.15) is 6.61 Å². The molecule has 2 aliphatic rings. The van der Waals surface area contributed by atoms with E-state index in [9.17, 15) is 4.79 Å². The number of rotatable bonds is 6. The molecule has 0 aromatic heterocycles.